The quantitative estimate of drug-likeness (QED) is 0.215. The van der Waals surface area contributed by atoms with Gasteiger partial charge in [-0.1, -0.05) is 41.6 Å². The number of aliphatic hydroxyl groups excluding tert-OH is 1. The van der Waals surface area contributed by atoms with Gasteiger partial charge < -0.3 is 29.9 Å². The Balaban J connectivity index is 1.36. The third kappa shape index (κ3) is 5.00. The van der Waals surface area contributed by atoms with Crippen molar-refractivity contribution in [3.05, 3.63) is 84.4 Å². The van der Waals surface area contributed by atoms with Gasteiger partial charge in [-0.15, -0.1) is 0 Å². The van der Waals surface area contributed by atoms with Gasteiger partial charge in [-0.3, -0.25) is 4.98 Å². The highest BCUT2D eigenvalue weighted by Gasteiger charge is 2.42. The molecule has 4 aromatic heterocycles. The average molecular weight is 536 g/mol. The van der Waals surface area contributed by atoms with E-state index < -0.39 is 18.8 Å². The van der Waals surface area contributed by atoms with Crippen molar-refractivity contribution in [3.63, 3.8) is 0 Å². The Hall–Kier alpha value is -4.72. The standard InChI is InChI=1S/C27H25BN8O4/c1-27(2)23-18(28(38)40-27)14-31-26(34-23)33-22-12-20(32-21(15-37)16-8-4-3-5-9-16)17(13-30-22)25-35-24(36-39-25)19-10-6-7-11-29-19/h3-14,21,37-38H,15H2,1-2H3,(H2,30,31,32,33,34)/t21-/m1/s1. The largest absolute Gasteiger partial charge is 0.495 e. The van der Waals surface area contributed by atoms with Gasteiger partial charge >= 0.3 is 7.12 Å². The molecule has 0 saturated heterocycles. The van der Waals surface area contributed by atoms with Gasteiger partial charge in [0, 0.05) is 30.1 Å². The van der Waals surface area contributed by atoms with Crippen molar-refractivity contribution >= 4 is 30.0 Å². The fraction of sp³-hybridized carbons (Fsp3) is 0.185. The van der Waals surface area contributed by atoms with Crippen molar-refractivity contribution in [2.24, 2.45) is 0 Å². The molecule has 0 bridgehead atoms. The Morgan fingerprint density at radius 1 is 1.00 bits per heavy atom. The highest BCUT2D eigenvalue weighted by atomic mass is 16.5. The first-order chi connectivity index (χ1) is 19.4. The molecule has 1 aromatic carbocycles. The van der Waals surface area contributed by atoms with Crippen LogP contribution in [0.2, 0.25) is 0 Å². The van der Waals surface area contributed by atoms with Crippen LogP contribution in [-0.4, -0.2) is 53.9 Å². The van der Waals surface area contributed by atoms with Crippen LogP contribution < -0.4 is 16.1 Å². The van der Waals surface area contributed by atoms with E-state index in [1.807, 2.05) is 56.3 Å². The number of anilines is 3. The number of fused-ring (bicyclic) bond motifs is 1. The lowest BCUT2D eigenvalue weighted by Gasteiger charge is -2.20. The molecule has 4 N–H and O–H groups in total. The fourth-order valence-electron chi connectivity index (χ4n) is 4.48. The molecule has 0 fully saturated rings. The molecule has 0 saturated carbocycles. The number of pyridine rings is 2. The molecule has 0 unspecified atom stereocenters. The molecule has 0 amide bonds. The molecule has 1 atom stereocenters. The van der Waals surface area contributed by atoms with E-state index in [0.717, 1.165) is 5.56 Å². The first-order valence-corrected chi connectivity index (χ1v) is 12.6. The van der Waals surface area contributed by atoms with E-state index in [4.69, 9.17) is 9.18 Å². The van der Waals surface area contributed by atoms with Gasteiger partial charge in [-0.05, 0) is 31.5 Å². The predicted octanol–water partition coefficient (Wildman–Crippen LogP) is 2.83. The van der Waals surface area contributed by atoms with Crippen LogP contribution in [0.5, 0.6) is 0 Å². The lowest BCUT2D eigenvalue weighted by atomic mass is 9.82. The van der Waals surface area contributed by atoms with Gasteiger partial charge in [0.2, 0.25) is 11.8 Å². The summed E-state index contributed by atoms with van der Waals surface area (Å²) in [6.45, 7) is 3.50. The Morgan fingerprint density at radius 2 is 1.82 bits per heavy atom. The number of nitrogens with one attached hydrogen (secondary N) is 2. The van der Waals surface area contributed by atoms with Crippen LogP contribution in [0.1, 0.15) is 31.1 Å². The summed E-state index contributed by atoms with van der Waals surface area (Å²) in [6, 6.07) is 16.3. The lowest BCUT2D eigenvalue weighted by molar-refractivity contribution is 0.0970. The van der Waals surface area contributed by atoms with Crippen LogP contribution in [0.4, 0.5) is 17.5 Å². The zero-order valence-corrected chi connectivity index (χ0v) is 21.7. The number of hydrogen-bond donors (Lipinski definition) is 4. The summed E-state index contributed by atoms with van der Waals surface area (Å²) < 4.78 is 11.2. The minimum absolute atomic E-state index is 0.164. The summed E-state index contributed by atoms with van der Waals surface area (Å²) in [5.41, 5.74) is 2.91. The zero-order chi connectivity index (χ0) is 27.7. The van der Waals surface area contributed by atoms with Crippen LogP contribution >= 0.6 is 0 Å². The van der Waals surface area contributed by atoms with Crippen LogP contribution in [0, 0.1) is 0 Å². The van der Waals surface area contributed by atoms with Crippen molar-refractivity contribution in [2.45, 2.75) is 25.5 Å². The third-order valence-corrected chi connectivity index (χ3v) is 6.47. The Bertz CT molecular complexity index is 1630. The maximum Gasteiger partial charge on any atom is 0.495 e. The molecular weight excluding hydrogens is 511 g/mol. The molecule has 0 spiro atoms. The molecule has 12 nitrogen and oxygen atoms in total. The predicted molar refractivity (Wildman–Crippen MR) is 148 cm³/mol. The van der Waals surface area contributed by atoms with Crippen molar-refractivity contribution in [1.29, 1.82) is 0 Å². The highest BCUT2D eigenvalue weighted by Crippen LogP contribution is 2.33. The molecule has 200 valence electrons. The van der Waals surface area contributed by atoms with E-state index in [9.17, 15) is 10.1 Å². The second-order valence-electron chi connectivity index (χ2n) is 9.65. The first kappa shape index (κ1) is 25.6. The molecule has 5 heterocycles. The first-order valence-electron chi connectivity index (χ1n) is 12.6. The lowest BCUT2D eigenvalue weighted by Crippen LogP contribution is -2.29. The Labute approximate surface area is 229 Å². The minimum Gasteiger partial charge on any atom is -0.423 e. The molecule has 5 aromatic rings. The zero-order valence-electron chi connectivity index (χ0n) is 21.7. The number of hydrogen-bond acceptors (Lipinski definition) is 12. The summed E-state index contributed by atoms with van der Waals surface area (Å²) in [6.07, 6.45) is 4.78. The van der Waals surface area contributed by atoms with Crippen molar-refractivity contribution in [2.75, 3.05) is 17.2 Å². The molecule has 6 rings (SSSR count). The normalized spacial score (nSPS) is 14.6. The van der Waals surface area contributed by atoms with Crippen molar-refractivity contribution in [1.82, 2.24) is 30.1 Å². The highest BCUT2D eigenvalue weighted by molar-refractivity contribution is 6.61. The Morgan fingerprint density at radius 3 is 2.60 bits per heavy atom. The summed E-state index contributed by atoms with van der Waals surface area (Å²) >= 11 is 0. The molecule has 1 aliphatic rings. The van der Waals surface area contributed by atoms with Crippen molar-refractivity contribution < 1.29 is 19.3 Å². The summed E-state index contributed by atoms with van der Waals surface area (Å²) in [7, 11) is -1.08. The van der Waals surface area contributed by atoms with Crippen LogP contribution in [0.25, 0.3) is 23.0 Å². The van der Waals surface area contributed by atoms with Crippen LogP contribution in [0.15, 0.2) is 77.7 Å². The van der Waals surface area contributed by atoms with E-state index in [1.54, 1.807) is 24.5 Å². The molecule has 40 heavy (non-hydrogen) atoms. The number of nitrogens with zero attached hydrogens (tertiary/aromatic N) is 6. The molecule has 0 aliphatic carbocycles. The maximum absolute atomic E-state index is 10.2. The monoisotopic (exact) mass is 536 g/mol. The van der Waals surface area contributed by atoms with E-state index in [0.29, 0.717) is 39.7 Å². The molecule has 13 heteroatoms. The van der Waals surface area contributed by atoms with Crippen LogP contribution in [-0.2, 0) is 10.3 Å². The summed E-state index contributed by atoms with van der Waals surface area (Å²) in [5, 5.41) is 31.0. The Kier molecular flexibility index (Phi) is 6.68. The van der Waals surface area contributed by atoms with Gasteiger partial charge in [0.15, 0.2) is 0 Å². The van der Waals surface area contributed by atoms with Gasteiger partial charge in [0.1, 0.15) is 11.5 Å². The molecule has 1 aliphatic heterocycles. The molecule has 0 radical (unpaired) electrons. The van der Waals surface area contributed by atoms with Gasteiger partial charge in [0.25, 0.3) is 5.89 Å². The second kappa shape index (κ2) is 10.5. The molecular formula is C27H25BN8O4. The van der Waals surface area contributed by atoms with Gasteiger partial charge in [-0.2, -0.15) is 4.98 Å². The number of aromatic nitrogens is 6. The third-order valence-electron chi connectivity index (χ3n) is 6.47. The van der Waals surface area contributed by atoms with E-state index >= 15 is 0 Å². The minimum atomic E-state index is -1.08. The SMILES string of the molecule is CC1(C)OB(O)c2cnc(Nc3cc(N[C@H](CO)c4ccccc4)c(-c4nc(-c5ccccn5)no4)cn3)nc21. The number of benzene rings is 1. The smallest absolute Gasteiger partial charge is 0.423 e. The van der Waals surface area contributed by atoms with Gasteiger partial charge in [-0.25, -0.2) is 15.0 Å². The maximum atomic E-state index is 10.2. The number of aliphatic hydroxyl groups is 1. The summed E-state index contributed by atoms with van der Waals surface area (Å²) in [4.78, 5) is 22.2. The number of rotatable bonds is 8. The van der Waals surface area contributed by atoms with E-state index in [2.05, 4.69) is 40.7 Å². The fourth-order valence-corrected chi connectivity index (χ4v) is 4.48. The van der Waals surface area contributed by atoms with Crippen molar-refractivity contribution in [3.8, 4) is 23.0 Å². The van der Waals surface area contributed by atoms with E-state index in [-0.39, 0.29) is 18.4 Å². The summed E-state index contributed by atoms with van der Waals surface area (Å²) in [5.74, 6) is 1.28. The second-order valence-corrected chi connectivity index (χ2v) is 9.65. The van der Waals surface area contributed by atoms with E-state index in [1.165, 1.54) is 6.20 Å². The topological polar surface area (TPSA) is 164 Å². The van der Waals surface area contributed by atoms with Gasteiger partial charge in [0.05, 0.1) is 35.2 Å². The van der Waals surface area contributed by atoms with Crippen LogP contribution in [0.3, 0.4) is 0 Å². The average Bonchev–Trinajstić information content (AvgIpc) is 3.55.